The van der Waals surface area contributed by atoms with Crippen LogP contribution in [-0.4, -0.2) is 26.7 Å². The highest BCUT2D eigenvalue weighted by Crippen LogP contribution is 2.22. The summed E-state index contributed by atoms with van der Waals surface area (Å²) in [6, 6.07) is 14.6. The Bertz CT molecular complexity index is 1010. The third kappa shape index (κ3) is 3.39. The van der Waals surface area contributed by atoms with Gasteiger partial charge in [-0.05, 0) is 54.7 Å². The van der Waals surface area contributed by atoms with Gasteiger partial charge in [-0.15, -0.1) is 0 Å². The van der Waals surface area contributed by atoms with Gasteiger partial charge >= 0.3 is 0 Å². The Balaban J connectivity index is 1.44. The van der Waals surface area contributed by atoms with Crippen molar-refractivity contribution in [3.05, 3.63) is 77.1 Å². The van der Waals surface area contributed by atoms with Gasteiger partial charge in [0, 0.05) is 5.56 Å². The van der Waals surface area contributed by atoms with Gasteiger partial charge in [-0.25, -0.2) is 4.68 Å². The smallest absolute Gasteiger partial charge is 0.294 e. The molecule has 0 aliphatic heterocycles. The van der Waals surface area contributed by atoms with E-state index in [2.05, 4.69) is 16.0 Å². The van der Waals surface area contributed by atoms with E-state index < -0.39 is 11.8 Å². The number of hydrogen-bond acceptors (Lipinski definition) is 4. The minimum absolute atomic E-state index is 0.173. The predicted molar refractivity (Wildman–Crippen MR) is 98.6 cm³/mol. The van der Waals surface area contributed by atoms with Crippen molar-refractivity contribution in [1.29, 1.82) is 0 Å². The van der Waals surface area contributed by atoms with Gasteiger partial charge in [-0.1, -0.05) is 24.3 Å². The maximum atomic E-state index is 12.3. The second-order valence-electron chi connectivity index (χ2n) is 6.39. The van der Waals surface area contributed by atoms with Crippen LogP contribution in [-0.2, 0) is 12.8 Å². The number of hydrogen-bond donors (Lipinski definition) is 3. The highest BCUT2D eigenvalue weighted by atomic mass is 16.3. The highest BCUT2D eigenvalue weighted by molar-refractivity contribution is 5.99. The monoisotopic (exact) mass is 362 g/mol. The van der Waals surface area contributed by atoms with Crippen LogP contribution in [0, 0.1) is 0 Å². The summed E-state index contributed by atoms with van der Waals surface area (Å²) in [6.07, 6.45) is 4.44. The largest absolute Gasteiger partial charge is 0.504 e. The molecule has 7 nitrogen and oxygen atoms in total. The quantitative estimate of drug-likeness (QED) is 0.622. The zero-order chi connectivity index (χ0) is 18.8. The molecule has 1 aromatic heterocycles. The minimum atomic E-state index is -0.698. The molecule has 0 saturated heterocycles. The van der Waals surface area contributed by atoms with E-state index in [1.54, 1.807) is 18.2 Å². The molecule has 0 bridgehead atoms. The predicted octanol–water partition coefficient (Wildman–Crippen LogP) is 2.14. The lowest BCUT2D eigenvalue weighted by molar-refractivity contribution is 0.0842. The molecule has 0 radical (unpaired) electrons. The number of aromatic nitrogens is 2. The number of nitrogens with zero attached hydrogens (tertiary/aromatic N) is 2. The standard InChI is InChI=1S/C20H18N4O3/c25-17-12-24(16-7-2-1-3-8-16)23-18(17)20(27)22-21-19(26)15-10-9-13-5-4-6-14(13)11-15/h1-3,7-12,25H,4-6H2,(H,21,26)(H,22,27). The minimum Gasteiger partial charge on any atom is -0.504 e. The number of hydrazine groups is 1. The van der Waals surface area contributed by atoms with Crippen LogP contribution < -0.4 is 10.9 Å². The molecule has 1 aliphatic rings. The molecule has 7 heteroatoms. The molecule has 136 valence electrons. The summed E-state index contributed by atoms with van der Waals surface area (Å²) < 4.78 is 1.40. The van der Waals surface area contributed by atoms with Crippen molar-refractivity contribution >= 4 is 11.8 Å². The van der Waals surface area contributed by atoms with Crippen molar-refractivity contribution in [3.63, 3.8) is 0 Å². The summed E-state index contributed by atoms with van der Waals surface area (Å²) >= 11 is 0. The number of rotatable bonds is 3. The van der Waals surface area contributed by atoms with Crippen LogP contribution in [0.15, 0.2) is 54.7 Å². The van der Waals surface area contributed by atoms with E-state index in [9.17, 15) is 14.7 Å². The lowest BCUT2D eigenvalue weighted by atomic mass is 10.1. The lowest BCUT2D eigenvalue weighted by Gasteiger charge is -2.08. The Morgan fingerprint density at radius 3 is 2.52 bits per heavy atom. The number of fused-ring (bicyclic) bond motifs is 1. The lowest BCUT2D eigenvalue weighted by Crippen LogP contribution is -2.41. The summed E-state index contributed by atoms with van der Waals surface area (Å²) in [5.41, 5.74) is 8.12. The van der Waals surface area contributed by atoms with E-state index in [1.165, 1.54) is 22.0 Å². The van der Waals surface area contributed by atoms with Gasteiger partial charge in [0.2, 0.25) is 0 Å². The summed E-state index contributed by atoms with van der Waals surface area (Å²) in [5, 5.41) is 14.1. The van der Waals surface area contributed by atoms with Gasteiger partial charge in [0.15, 0.2) is 11.4 Å². The van der Waals surface area contributed by atoms with Gasteiger partial charge in [0.1, 0.15) is 0 Å². The number of aryl methyl sites for hydroxylation is 2. The zero-order valence-electron chi connectivity index (χ0n) is 14.5. The Morgan fingerprint density at radius 1 is 0.963 bits per heavy atom. The molecule has 27 heavy (non-hydrogen) atoms. The maximum Gasteiger partial charge on any atom is 0.294 e. The number of benzene rings is 2. The number of para-hydroxylation sites is 1. The van der Waals surface area contributed by atoms with Crippen LogP contribution in [0.25, 0.3) is 5.69 Å². The molecule has 4 rings (SSSR count). The summed E-state index contributed by atoms with van der Waals surface area (Å²) in [4.78, 5) is 24.5. The molecule has 0 fully saturated rings. The third-order valence-electron chi connectivity index (χ3n) is 4.58. The molecule has 2 amide bonds. The van der Waals surface area contributed by atoms with Crippen LogP contribution in [0.2, 0.25) is 0 Å². The molecule has 3 aromatic rings. The fourth-order valence-electron chi connectivity index (χ4n) is 3.20. The van der Waals surface area contributed by atoms with Crippen LogP contribution in [0.3, 0.4) is 0 Å². The van der Waals surface area contributed by atoms with E-state index in [4.69, 9.17) is 0 Å². The zero-order valence-corrected chi connectivity index (χ0v) is 14.5. The average molecular weight is 362 g/mol. The summed E-state index contributed by atoms with van der Waals surface area (Å²) in [7, 11) is 0. The van der Waals surface area contributed by atoms with Crippen LogP contribution in [0.1, 0.15) is 38.4 Å². The van der Waals surface area contributed by atoms with E-state index in [0.717, 1.165) is 19.3 Å². The van der Waals surface area contributed by atoms with Crippen molar-refractivity contribution < 1.29 is 14.7 Å². The normalized spacial score (nSPS) is 12.4. The van der Waals surface area contributed by atoms with Gasteiger partial charge in [0.25, 0.3) is 11.8 Å². The first kappa shape index (κ1) is 16.8. The Kier molecular flexibility index (Phi) is 4.33. The Morgan fingerprint density at radius 2 is 1.70 bits per heavy atom. The van der Waals surface area contributed by atoms with Gasteiger partial charge in [-0.2, -0.15) is 5.10 Å². The van der Waals surface area contributed by atoms with Crippen LogP contribution >= 0.6 is 0 Å². The van der Waals surface area contributed by atoms with E-state index in [1.807, 2.05) is 30.3 Å². The molecular weight excluding hydrogens is 344 g/mol. The molecule has 3 N–H and O–H groups in total. The van der Waals surface area contributed by atoms with Gasteiger partial charge < -0.3 is 5.11 Å². The van der Waals surface area contributed by atoms with Gasteiger partial charge in [-0.3, -0.25) is 20.4 Å². The SMILES string of the molecule is O=C(NNC(=O)c1nn(-c2ccccc2)cc1O)c1ccc2c(c1)CCC2. The number of carbonyl (C=O) groups is 2. The Hall–Kier alpha value is -3.61. The number of carbonyl (C=O) groups excluding carboxylic acids is 2. The molecule has 0 saturated carbocycles. The molecule has 1 heterocycles. The van der Waals surface area contributed by atoms with Crippen molar-refractivity contribution in [3.8, 4) is 11.4 Å². The summed E-state index contributed by atoms with van der Waals surface area (Å²) in [5.74, 6) is -1.39. The van der Waals surface area contributed by atoms with Crippen molar-refractivity contribution in [2.75, 3.05) is 0 Å². The molecule has 0 atom stereocenters. The maximum absolute atomic E-state index is 12.3. The highest BCUT2D eigenvalue weighted by Gasteiger charge is 2.19. The molecule has 0 unspecified atom stereocenters. The second-order valence-corrected chi connectivity index (χ2v) is 6.39. The first-order valence-corrected chi connectivity index (χ1v) is 8.68. The molecule has 1 aliphatic carbocycles. The van der Waals surface area contributed by atoms with Crippen LogP contribution in [0.5, 0.6) is 5.75 Å². The van der Waals surface area contributed by atoms with E-state index in [0.29, 0.717) is 11.3 Å². The molecule has 0 spiro atoms. The average Bonchev–Trinajstić information content (AvgIpc) is 3.32. The fourth-order valence-corrected chi connectivity index (χ4v) is 3.20. The van der Waals surface area contributed by atoms with Crippen molar-refractivity contribution in [1.82, 2.24) is 20.6 Å². The molecular formula is C20H18N4O3. The second kappa shape index (κ2) is 6.95. The number of nitrogens with one attached hydrogen (secondary N) is 2. The first-order valence-electron chi connectivity index (χ1n) is 8.68. The van der Waals surface area contributed by atoms with E-state index in [-0.39, 0.29) is 11.4 Å². The van der Waals surface area contributed by atoms with Crippen LogP contribution in [0.4, 0.5) is 0 Å². The first-order chi connectivity index (χ1) is 13.1. The Labute approximate surface area is 155 Å². The number of aromatic hydroxyl groups is 1. The van der Waals surface area contributed by atoms with E-state index >= 15 is 0 Å². The fraction of sp³-hybridized carbons (Fsp3) is 0.150. The number of amides is 2. The molecule has 2 aromatic carbocycles. The topological polar surface area (TPSA) is 96.3 Å². The van der Waals surface area contributed by atoms with Crippen molar-refractivity contribution in [2.24, 2.45) is 0 Å². The third-order valence-corrected chi connectivity index (χ3v) is 4.58. The van der Waals surface area contributed by atoms with Gasteiger partial charge in [0.05, 0.1) is 11.9 Å². The van der Waals surface area contributed by atoms with Crippen molar-refractivity contribution in [2.45, 2.75) is 19.3 Å². The summed E-state index contributed by atoms with van der Waals surface area (Å²) in [6.45, 7) is 0.